The molecule has 0 saturated carbocycles. The minimum atomic E-state index is -0.840. The summed E-state index contributed by atoms with van der Waals surface area (Å²) >= 11 is 1.48. The molecule has 4 nitrogen and oxygen atoms in total. The van der Waals surface area contributed by atoms with Gasteiger partial charge in [-0.25, -0.2) is 0 Å². The monoisotopic (exact) mass is 351 g/mol. The van der Waals surface area contributed by atoms with E-state index >= 15 is 0 Å². The Kier molecular flexibility index (Phi) is 3.81. The third kappa shape index (κ3) is 2.61. The molecule has 2 aromatic carbocycles. The van der Waals surface area contributed by atoms with Gasteiger partial charge in [0, 0.05) is 16.4 Å². The van der Waals surface area contributed by atoms with Gasteiger partial charge in [0.05, 0.1) is 10.8 Å². The van der Waals surface area contributed by atoms with E-state index in [2.05, 4.69) is 0 Å². The predicted octanol–water partition coefficient (Wildman–Crippen LogP) is 4.51. The lowest BCUT2D eigenvalue weighted by Gasteiger charge is -2.37. The lowest BCUT2D eigenvalue weighted by Crippen LogP contribution is -2.44. The Morgan fingerprint density at radius 1 is 1.12 bits per heavy atom. The molecular formula is C20H17NO3S. The van der Waals surface area contributed by atoms with Crippen molar-refractivity contribution in [3.63, 3.8) is 0 Å². The number of para-hydroxylation sites is 1. The van der Waals surface area contributed by atoms with Crippen LogP contribution in [0.25, 0.3) is 10.1 Å². The number of rotatable bonds is 2. The molecule has 126 valence electrons. The Hall–Kier alpha value is -2.66. The highest BCUT2D eigenvalue weighted by Crippen LogP contribution is 2.40. The topological polar surface area (TPSA) is 57.6 Å². The summed E-state index contributed by atoms with van der Waals surface area (Å²) in [5, 5.41) is 10.6. The van der Waals surface area contributed by atoms with Crippen LogP contribution in [-0.2, 0) is 4.79 Å². The van der Waals surface area contributed by atoms with Crippen molar-refractivity contribution < 1.29 is 14.7 Å². The van der Waals surface area contributed by atoms with Crippen molar-refractivity contribution in [3.05, 3.63) is 65.0 Å². The van der Waals surface area contributed by atoms with Gasteiger partial charge in [-0.15, -0.1) is 11.3 Å². The van der Waals surface area contributed by atoms with Gasteiger partial charge in [0.15, 0.2) is 0 Å². The van der Waals surface area contributed by atoms with Crippen LogP contribution in [0.3, 0.4) is 0 Å². The first-order valence-electron chi connectivity index (χ1n) is 8.20. The number of anilines is 1. The Balaban J connectivity index is 1.79. The first kappa shape index (κ1) is 15.8. The Labute approximate surface area is 149 Å². The minimum Gasteiger partial charge on any atom is -0.481 e. The number of carboxylic acid groups (broad SMARTS) is 1. The van der Waals surface area contributed by atoms with E-state index in [1.165, 1.54) is 11.3 Å². The number of hydrogen-bond acceptors (Lipinski definition) is 3. The van der Waals surface area contributed by atoms with E-state index in [0.29, 0.717) is 22.5 Å². The maximum absolute atomic E-state index is 13.2. The molecule has 3 aromatic rings. The van der Waals surface area contributed by atoms with Gasteiger partial charge in [-0.05, 0) is 42.5 Å². The summed E-state index contributed by atoms with van der Waals surface area (Å²) in [5.74, 6) is -1.48. The zero-order valence-corrected chi connectivity index (χ0v) is 14.5. The van der Waals surface area contributed by atoms with Crippen LogP contribution in [0.15, 0.2) is 54.6 Å². The fourth-order valence-corrected chi connectivity index (χ4v) is 4.56. The molecule has 1 N–H and O–H groups in total. The van der Waals surface area contributed by atoms with Gasteiger partial charge < -0.3 is 10.0 Å². The zero-order valence-electron chi connectivity index (χ0n) is 13.7. The summed E-state index contributed by atoms with van der Waals surface area (Å²) in [6.45, 7) is 1.91. The smallest absolute Gasteiger partial charge is 0.311 e. The molecule has 0 spiro atoms. The molecule has 2 unspecified atom stereocenters. The molecule has 0 aliphatic carbocycles. The maximum Gasteiger partial charge on any atom is 0.311 e. The second-order valence-corrected chi connectivity index (χ2v) is 7.44. The molecule has 1 aliphatic rings. The maximum atomic E-state index is 13.2. The van der Waals surface area contributed by atoms with Crippen LogP contribution >= 0.6 is 11.3 Å². The van der Waals surface area contributed by atoms with Crippen molar-refractivity contribution in [2.45, 2.75) is 25.3 Å². The molecule has 0 bridgehead atoms. The van der Waals surface area contributed by atoms with E-state index in [-0.39, 0.29) is 11.9 Å². The van der Waals surface area contributed by atoms with Gasteiger partial charge in [0.1, 0.15) is 0 Å². The van der Waals surface area contributed by atoms with Crippen molar-refractivity contribution >= 4 is 39.0 Å². The van der Waals surface area contributed by atoms with Crippen molar-refractivity contribution in [3.8, 4) is 0 Å². The molecular weight excluding hydrogens is 334 g/mol. The van der Waals surface area contributed by atoms with Crippen LogP contribution in [0.1, 0.15) is 34.5 Å². The first-order valence-corrected chi connectivity index (χ1v) is 9.02. The average molecular weight is 351 g/mol. The first-order chi connectivity index (χ1) is 12.1. The third-order valence-electron chi connectivity index (χ3n) is 4.74. The highest BCUT2D eigenvalue weighted by atomic mass is 32.1. The fraction of sp³-hybridized carbons (Fsp3) is 0.200. The van der Waals surface area contributed by atoms with E-state index in [1.807, 2.05) is 61.5 Å². The minimum absolute atomic E-state index is 0.0648. The van der Waals surface area contributed by atoms with Crippen molar-refractivity contribution in [2.75, 3.05) is 4.90 Å². The number of carbonyl (C=O) groups excluding carboxylic acids is 1. The Morgan fingerprint density at radius 3 is 2.60 bits per heavy atom. The number of aliphatic carboxylic acids is 1. The highest BCUT2D eigenvalue weighted by molar-refractivity contribution is 7.20. The van der Waals surface area contributed by atoms with Gasteiger partial charge in [-0.1, -0.05) is 36.4 Å². The summed E-state index contributed by atoms with van der Waals surface area (Å²) in [6, 6.07) is 17.0. The summed E-state index contributed by atoms with van der Waals surface area (Å²) in [7, 11) is 0. The molecule has 2 atom stereocenters. The van der Waals surface area contributed by atoms with Crippen LogP contribution in [0.2, 0.25) is 0 Å². The molecule has 0 radical (unpaired) electrons. The van der Waals surface area contributed by atoms with Gasteiger partial charge >= 0.3 is 5.97 Å². The Bertz CT molecular complexity index is 945. The summed E-state index contributed by atoms with van der Waals surface area (Å²) in [4.78, 5) is 27.3. The van der Waals surface area contributed by atoms with Crippen LogP contribution in [0.4, 0.5) is 5.69 Å². The fourth-order valence-electron chi connectivity index (χ4n) is 3.56. The average Bonchev–Trinajstić information content (AvgIpc) is 3.04. The molecule has 1 aliphatic heterocycles. The Morgan fingerprint density at radius 2 is 1.84 bits per heavy atom. The van der Waals surface area contributed by atoms with E-state index in [9.17, 15) is 14.7 Å². The number of carbonyl (C=O) groups is 2. The molecule has 5 heteroatoms. The standard InChI is InChI=1S/C20H17NO3S/c1-12-10-15(20(23)24)14-7-3-4-8-16(14)21(12)19(22)18-11-13-6-2-5-9-17(13)25-18/h2-9,11-12,15H,10H2,1H3,(H,23,24). The zero-order chi connectivity index (χ0) is 17.6. The molecule has 1 aromatic heterocycles. The lowest BCUT2D eigenvalue weighted by molar-refractivity contribution is -0.139. The molecule has 4 rings (SSSR count). The normalized spacial score (nSPS) is 19.6. The molecule has 0 fully saturated rings. The van der Waals surface area contributed by atoms with Gasteiger partial charge in [0.2, 0.25) is 0 Å². The number of carboxylic acids is 1. The number of benzene rings is 2. The highest BCUT2D eigenvalue weighted by Gasteiger charge is 2.37. The van der Waals surface area contributed by atoms with E-state index in [0.717, 1.165) is 10.1 Å². The largest absolute Gasteiger partial charge is 0.481 e. The van der Waals surface area contributed by atoms with Crippen LogP contribution in [-0.4, -0.2) is 23.0 Å². The molecule has 0 saturated heterocycles. The number of nitrogens with zero attached hydrogens (tertiary/aromatic N) is 1. The van der Waals surface area contributed by atoms with E-state index < -0.39 is 11.9 Å². The van der Waals surface area contributed by atoms with Crippen molar-refractivity contribution in [1.29, 1.82) is 0 Å². The van der Waals surface area contributed by atoms with Gasteiger partial charge in [-0.2, -0.15) is 0 Å². The van der Waals surface area contributed by atoms with Crippen molar-refractivity contribution in [2.24, 2.45) is 0 Å². The van der Waals surface area contributed by atoms with Crippen LogP contribution in [0.5, 0.6) is 0 Å². The van der Waals surface area contributed by atoms with Gasteiger partial charge in [-0.3, -0.25) is 9.59 Å². The summed E-state index contributed by atoms with van der Waals surface area (Å²) < 4.78 is 1.08. The quantitative estimate of drug-likeness (QED) is 0.739. The second kappa shape index (κ2) is 6.01. The second-order valence-electron chi connectivity index (χ2n) is 6.36. The SMILES string of the molecule is CC1CC(C(=O)O)c2ccccc2N1C(=O)c1cc2ccccc2s1. The summed E-state index contributed by atoms with van der Waals surface area (Å²) in [5.41, 5.74) is 1.42. The lowest BCUT2D eigenvalue weighted by atomic mass is 9.86. The molecule has 25 heavy (non-hydrogen) atoms. The number of amides is 1. The number of thiophene rings is 1. The third-order valence-corrected chi connectivity index (χ3v) is 5.85. The molecule has 1 amide bonds. The summed E-state index contributed by atoms with van der Waals surface area (Å²) in [6.07, 6.45) is 0.420. The van der Waals surface area contributed by atoms with Gasteiger partial charge in [0.25, 0.3) is 5.91 Å². The van der Waals surface area contributed by atoms with E-state index in [1.54, 1.807) is 4.90 Å². The van der Waals surface area contributed by atoms with Crippen LogP contribution in [0, 0.1) is 0 Å². The number of hydrogen-bond donors (Lipinski definition) is 1. The number of fused-ring (bicyclic) bond motifs is 2. The van der Waals surface area contributed by atoms with E-state index in [4.69, 9.17) is 0 Å². The predicted molar refractivity (Wildman–Crippen MR) is 99.5 cm³/mol. The van der Waals surface area contributed by atoms with Crippen molar-refractivity contribution in [1.82, 2.24) is 0 Å². The van der Waals surface area contributed by atoms with Crippen LogP contribution < -0.4 is 4.90 Å². The molecule has 2 heterocycles.